The molecule has 0 aromatic carbocycles. The molecule has 2 rings (SSSR count). The number of ether oxygens (including phenoxy) is 1. The summed E-state index contributed by atoms with van der Waals surface area (Å²) in [6.45, 7) is 2.56. The summed E-state index contributed by atoms with van der Waals surface area (Å²) in [6.07, 6.45) is 0.827. The lowest BCUT2D eigenvalue weighted by Gasteiger charge is -2.07. The first-order valence-corrected chi connectivity index (χ1v) is 5.77. The van der Waals surface area contributed by atoms with Gasteiger partial charge in [0, 0.05) is 0 Å². The lowest BCUT2D eigenvalue weighted by atomic mass is 10.1. The number of furan rings is 1. The standard InChI is InChI=1S/C12H15NO5/c1-7-4-8(6-17-7)11(14)13-5-9-2-3-10(18-9)12(15)16/h2-3,7-8H,4-6H2,1H3,(H,13,14)(H,15,16). The summed E-state index contributed by atoms with van der Waals surface area (Å²) in [5.41, 5.74) is 0. The summed E-state index contributed by atoms with van der Waals surface area (Å²) in [5.74, 6) is -1.04. The molecular formula is C12H15NO5. The maximum Gasteiger partial charge on any atom is 0.371 e. The number of carbonyl (C=O) groups excluding carboxylic acids is 1. The van der Waals surface area contributed by atoms with E-state index < -0.39 is 5.97 Å². The highest BCUT2D eigenvalue weighted by molar-refractivity contribution is 5.84. The fourth-order valence-corrected chi connectivity index (χ4v) is 1.91. The maximum absolute atomic E-state index is 11.8. The molecule has 2 unspecified atom stereocenters. The molecule has 1 aliphatic rings. The van der Waals surface area contributed by atoms with Gasteiger partial charge in [0.2, 0.25) is 11.7 Å². The van der Waals surface area contributed by atoms with Crippen LogP contribution in [-0.2, 0) is 16.1 Å². The Hall–Kier alpha value is -1.82. The van der Waals surface area contributed by atoms with Crippen molar-refractivity contribution in [2.75, 3.05) is 6.61 Å². The van der Waals surface area contributed by atoms with Gasteiger partial charge in [-0.15, -0.1) is 0 Å². The van der Waals surface area contributed by atoms with Gasteiger partial charge in [0.1, 0.15) is 5.76 Å². The third-order valence-electron chi connectivity index (χ3n) is 2.88. The highest BCUT2D eigenvalue weighted by Gasteiger charge is 2.28. The van der Waals surface area contributed by atoms with Crippen molar-refractivity contribution >= 4 is 11.9 Å². The van der Waals surface area contributed by atoms with E-state index in [2.05, 4.69) is 5.32 Å². The molecule has 1 aromatic rings. The van der Waals surface area contributed by atoms with Gasteiger partial charge < -0.3 is 19.6 Å². The molecule has 6 nitrogen and oxygen atoms in total. The second kappa shape index (κ2) is 5.22. The number of carboxylic acids is 1. The molecule has 18 heavy (non-hydrogen) atoms. The molecule has 1 aliphatic heterocycles. The Morgan fingerprint density at radius 3 is 2.83 bits per heavy atom. The molecule has 2 heterocycles. The van der Waals surface area contributed by atoms with E-state index in [9.17, 15) is 9.59 Å². The van der Waals surface area contributed by atoms with Crippen LogP contribution in [0.15, 0.2) is 16.5 Å². The van der Waals surface area contributed by atoms with Crippen molar-refractivity contribution in [1.29, 1.82) is 0 Å². The lowest BCUT2D eigenvalue weighted by Crippen LogP contribution is -2.30. The molecule has 1 aromatic heterocycles. The Kier molecular flexibility index (Phi) is 3.66. The van der Waals surface area contributed by atoms with Crippen molar-refractivity contribution < 1.29 is 23.8 Å². The van der Waals surface area contributed by atoms with Crippen LogP contribution in [-0.4, -0.2) is 29.7 Å². The molecule has 0 spiro atoms. The summed E-state index contributed by atoms with van der Waals surface area (Å²) < 4.78 is 10.3. The van der Waals surface area contributed by atoms with Crippen molar-refractivity contribution in [3.05, 3.63) is 23.7 Å². The lowest BCUT2D eigenvalue weighted by molar-refractivity contribution is -0.125. The summed E-state index contributed by atoms with van der Waals surface area (Å²) in [7, 11) is 0. The zero-order valence-electron chi connectivity index (χ0n) is 10.0. The van der Waals surface area contributed by atoms with E-state index >= 15 is 0 Å². The number of aromatic carboxylic acids is 1. The van der Waals surface area contributed by atoms with Crippen LogP contribution in [0, 0.1) is 5.92 Å². The Balaban J connectivity index is 1.83. The molecule has 1 fully saturated rings. The van der Waals surface area contributed by atoms with E-state index in [-0.39, 0.29) is 30.2 Å². The first-order chi connectivity index (χ1) is 8.56. The monoisotopic (exact) mass is 253 g/mol. The molecule has 1 saturated heterocycles. The Morgan fingerprint density at radius 1 is 1.50 bits per heavy atom. The quantitative estimate of drug-likeness (QED) is 0.836. The van der Waals surface area contributed by atoms with Crippen LogP contribution in [0.4, 0.5) is 0 Å². The van der Waals surface area contributed by atoms with Crippen LogP contribution in [0.25, 0.3) is 0 Å². The average Bonchev–Trinajstić information content (AvgIpc) is 2.94. The Morgan fingerprint density at radius 2 is 2.28 bits per heavy atom. The van der Waals surface area contributed by atoms with Crippen LogP contribution < -0.4 is 5.32 Å². The zero-order valence-corrected chi connectivity index (χ0v) is 10.0. The molecule has 2 N–H and O–H groups in total. The molecule has 1 amide bonds. The molecule has 98 valence electrons. The van der Waals surface area contributed by atoms with Gasteiger partial charge in [-0.3, -0.25) is 4.79 Å². The first-order valence-electron chi connectivity index (χ1n) is 5.77. The fraction of sp³-hybridized carbons (Fsp3) is 0.500. The van der Waals surface area contributed by atoms with Crippen molar-refractivity contribution in [3.8, 4) is 0 Å². The average molecular weight is 253 g/mol. The van der Waals surface area contributed by atoms with Gasteiger partial charge in [0.15, 0.2) is 0 Å². The molecule has 6 heteroatoms. The fourth-order valence-electron chi connectivity index (χ4n) is 1.91. The number of rotatable bonds is 4. The van der Waals surface area contributed by atoms with Gasteiger partial charge in [-0.2, -0.15) is 0 Å². The van der Waals surface area contributed by atoms with Crippen molar-refractivity contribution in [2.24, 2.45) is 5.92 Å². The van der Waals surface area contributed by atoms with Crippen LogP contribution in [0.2, 0.25) is 0 Å². The van der Waals surface area contributed by atoms with E-state index in [1.807, 2.05) is 6.92 Å². The van der Waals surface area contributed by atoms with Crippen LogP contribution in [0.1, 0.15) is 29.7 Å². The number of nitrogens with one attached hydrogen (secondary N) is 1. The molecule has 0 saturated carbocycles. The van der Waals surface area contributed by atoms with E-state index in [0.29, 0.717) is 18.8 Å². The topological polar surface area (TPSA) is 88.8 Å². The zero-order chi connectivity index (χ0) is 13.1. The Labute approximate surface area is 104 Å². The largest absolute Gasteiger partial charge is 0.475 e. The smallest absolute Gasteiger partial charge is 0.371 e. The summed E-state index contributed by atoms with van der Waals surface area (Å²) >= 11 is 0. The van der Waals surface area contributed by atoms with Gasteiger partial charge in [0.25, 0.3) is 0 Å². The number of hydrogen-bond donors (Lipinski definition) is 2. The van der Waals surface area contributed by atoms with E-state index in [1.165, 1.54) is 12.1 Å². The summed E-state index contributed by atoms with van der Waals surface area (Å²) in [6, 6.07) is 2.90. The minimum atomic E-state index is -1.12. The number of hydrogen-bond acceptors (Lipinski definition) is 4. The predicted octanol–water partition coefficient (Wildman–Crippen LogP) is 1.02. The molecular weight excluding hydrogens is 238 g/mol. The van der Waals surface area contributed by atoms with E-state index in [0.717, 1.165) is 0 Å². The highest BCUT2D eigenvalue weighted by Crippen LogP contribution is 2.19. The first kappa shape index (κ1) is 12.6. The maximum atomic E-state index is 11.8. The van der Waals surface area contributed by atoms with Crippen molar-refractivity contribution in [2.45, 2.75) is 26.0 Å². The van der Waals surface area contributed by atoms with Crippen LogP contribution >= 0.6 is 0 Å². The summed E-state index contributed by atoms with van der Waals surface area (Å²) in [4.78, 5) is 22.4. The molecule has 0 aliphatic carbocycles. The SMILES string of the molecule is CC1CC(C(=O)NCc2ccc(C(=O)O)o2)CO1. The van der Waals surface area contributed by atoms with Crippen molar-refractivity contribution in [1.82, 2.24) is 5.32 Å². The normalized spacial score (nSPS) is 22.9. The van der Waals surface area contributed by atoms with Gasteiger partial charge in [-0.05, 0) is 25.5 Å². The van der Waals surface area contributed by atoms with E-state index in [4.69, 9.17) is 14.3 Å². The van der Waals surface area contributed by atoms with Gasteiger partial charge >= 0.3 is 5.97 Å². The number of carboxylic acid groups (broad SMARTS) is 1. The van der Waals surface area contributed by atoms with Gasteiger partial charge in [-0.1, -0.05) is 0 Å². The second-order valence-corrected chi connectivity index (χ2v) is 4.37. The molecule has 2 atom stereocenters. The number of amides is 1. The Bertz CT molecular complexity index is 453. The predicted molar refractivity (Wildman–Crippen MR) is 61.0 cm³/mol. The minimum absolute atomic E-state index is 0.0902. The van der Waals surface area contributed by atoms with Crippen molar-refractivity contribution in [3.63, 3.8) is 0 Å². The van der Waals surface area contributed by atoms with Crippen LogP contribution in [0.3, 0.4) is 0 Å². The van der Waals surface area contributed by atoms with Gasteiger partial charge in [-0.25, -0.2) is 4.79 Å². The summed E-state index contributed by atoms with van der Waals surface area (Å²) in [5, 5.41) is 11.4. The van der Waals surface area contributed by atoms with Gasteiger partial charge in [0.05, 0.1) is 25.2 Å². The third kappa shape index (κ3) is 2.89. The van der Waals surface area contributed by atoms with E-state index in [1.54, 1.807) is 0 Å². The third-order valence-corrected chi connectivity index (χ3v) is 2.88. The number of carbonyl (C=O) groups is 2. The molecule has 0 radical (unpaired) electrons. The molecule has 0 bridgehead atoms. The second-order valence-electron chi connectivity index (χ2n) is 4.37. The highest BCUT2D eigenvalue weighted by atomic mass is 16.5. The minimum Gasteiger partial charge on any atom is -0.475 e. The van der Waals surface area contributed by atoms with Crippen LogP contribution in [0.5, 0.6) is 0 Å².